The first-order chi connectivity index (χ1) is 9.52. The zero-order valence-electron chi connectivity index (χ0n) is 12.0. The Kier molecular flexibility index (Phi) is 4.44. The molecule has 0 saturated heterocycles. The molecule has 7 heteroatoms. The zero-order chi connectivity index (χ0) is 14.7. The van der Waals surface area contributed by atoms with Crippen LogP contribution in [0.5, 0.6) is 0 Å². The van der Waals surface area contributed by atoms with Gasteiger partial charge >= 0.3 is 0 Å². The van der Waals surface area contributed by atoms with E-state index in [1.807, 2.05) is 13.8 Å². The van der Waals surface area contributed by atoms with Gasteiger partial charge in [-0.15, -0.1) is 0 Å². The number of anilines is 2. The summed E-state index contributed by atoms with van der Waals surface area (Å²) in [5.74, 6) is 1.54. The van der Waals surface area contributed by atoms with Gasteiger partial charge in [0.2, 0.25) is 0 Å². The molecule has 0 aromatic carbocycles. The van der Waals surface area contributed by atoms with Crippen LogP contribution in [0, 0.1) is 13.8 Å². The molecule has 2 aromatic rings. The van der Waals surface area contributed by atoms with E-state index in [0.29, 0.717) is 16.7 Å². The van der Waals surface area contributed by atoms with E-state index < -0.39 is 0 Å². The SMILES string of the molecule is CNc1c(Cl)ncnc1N[C@@H](C)Cc1c(C)noc1C. The number of aryl methyl sites for hydroxylation is 2. The van der Waals surface area contributed by atoms with Crippen LogP contribution in [0.25, 0.3) is 0 Å². The number of hydrogen-bond donors (Lipinski definition) is 2. The van der Waals surface area contributed by atoms with Gasteiger partial charge in [-0.1, -0.05) is 16.8 Å². The van der Waals surface area contributed by atoms with Crippen molar-refractivity contribution in [1.29, 1.82) is 0 Å². The van der Waals surface area contributed by atoms with Crippen molar-refractivity contribution in [2.45, 2.75) is 33.2 Å². The standard InChI is InChI=1S/C13H18ClN5O/c1-7(5-10-8(2)19-20-9(10)3)18-13-11(15-4)12(14)16-6-17-13/h6-7,15H,5H2,1-4H3,(H,16,17,18)/t7-/m0/s1. The molecule has 0 aliphatic heterocycles. The first kappa shape index (κ1) is 14.6. The first-order valence-corrected chi connectivity index (χ1v) is 6.77. The summed E-state index contributed by atoms with van der Waals surface area (Å²) in [6, 6.07) is 0.157. The third kappa shape index (κ3) is 3.01. The van der Waals surface area contributed by atoms with Crippen molar-refractivity contribution in [2.75, 3.05) is 17.7 Å². The van der Waals surface area contributed by atoms with Gasteiger partial charge in [0, 0.05) is 18.7 Å². The van der Waals surface area contributed by atoms with Gasteiger partial charge in [0.25, 0.3) is 0 Å². The van der Waals surface area contributed by atoms with Gasteiger partial charge in [-0.25, -0.2) is 9.97 Å². The van der Waals surface area contributed by atoms with E-state index in [1.54, 1.807) is 7.05 Å². The summed E-state index contributed by atoms with van der Waals surface area (Å²) < 4.78 is 5.17. The molecule has 0 aliphatic rings. The molecule has 0 unspecified atom stereocenters. The summed E-state index contributed by atoms with van der Waals surface area (Å²) in [7, 11) is 1.79. The first-order valence-electron chi connectivity index (χ1n) is 6.39. The average molecular weight is 296 g/mol. The predicted octanol–water partition coefficient (Wildman–Crippen LogP) is 2.82. The van der Waals surface area contributed by atoms with Crippen molar-refractivity contribution in [3.63, 3.8) is 0 Å². The second-order valence-corrected chi connectivity index (χ2v) is 5.05. The van der Waals surface area contributed by atoms with E-state index in [2.05, 4.69) is 32.7 Å². The summed E-state index contributed by atoms with van der Waals surface area (Å²) in [4.78, 5) is 8.16. The molecule has 2 rings (SSSR count). The molecule has 0 amide bonds. The zero-order valence-corrected chi connectivity index (χ0v) is 12.7. The molecule has 1 atom stereocenters. The number of aromatic nitrogens is 3. The Morgan fingerprint density at radius 3 is 2.70 bits per heavy atom. The van der Waals surface area contributed by atoms with Crippen LogP contribution in [0.2, 0.25) is 5.15 Å². The third-order valence-electron chi connectivity index (χ3n) is 3.13. The van der Waals surface area contributed by atoms with Crippen molar-refractivity contribution in [1.82, 2.24) is 15.1 Å². The molecular formula is C13H18ClN5O. The van der Waals surface area contributed by atoms with Gasteiger partial charge in [0.1, 0.15) is 17.8 Å². The van der Waals surface area contributed by atoms with E-state index in [-0.39, 0.29) is 6.04 Å². The second kappa shape index (κ2) is 6.09. The van der Waals surface area contributed by atoms with Crippen molar-refractivity contribution in [3.05, 3.63) is 28.5 Å². The van der Waals surface area contributed by atoms with Crippen molar-refractivity contribution in [3.8, 4) is 0 Å². The summed E-state index contributed by atoms with van der Waals surface area (Å²) in [5, 5.41) is 10.7. The molecule has 20 heavy (non-hydrogen) atoms. The molecule has 6 nitrogen and oxygen atoms in total. The summed E-state index contributed by atoms with van der Waals surface area (Å²) >= 11 is 6.03. The Bertz CT molecular complexity index is 579. The molecule has 0 fully saturated rings. The smallest absolute Gasteiger partial charge is 0.157 e. The minimum atomic E-state index is 0.157. The predicted molar refractivity (Wildman–Crippen MR) is 79.4 cm³/mol. The fourth-order valence-corrected chi connectivity index (χ4v) is 2.31. The Hall–Kier alpha value is -1.82. The number of hydrogen-bond acceptors (Lipinski definition) is 6. The molecule has 0 spiro atoms. The lowest BCUT2D eigenvalue weighted by Gasteiger charge is -2.17. The largest absolute Gasteiger partial charge is 0.383 e. The molecule has 0 saturated carbocycles. The number of nitrogens with one attached hydrogen (secondary N) is 2. The molecular weight excluding hydrogens is 278 g/mol. The number of nitrogens with zero attached hydrogens (tertiary/aromatic N) is 3. The quantitative estimate of drug-likeness (QED) is 0.826. The summed E-state index contributed by atoms with van der Waals surface area (Å²) in [5.41, 5.74) is 2.74. The van der Waals surface area contributed by atoms with E-state index in [1.165, 1.54) is 6.33 Å². The van der Waals surface area contributed by atoms with Gasteiger partial charge < -0.3 is 15.2 Å². The lowest BCUT2D eigenvalue weighted by atomic mass is 10.1. The fourth-order valence-electron chi connectivity index (χ4n) is 2.08. The minimum absolute atomic E-state index is 0.157. The molecule has 0 bridgehead atoms. The summed E-state index contributed by atoms with van der Waals surface area (Å²) in [6.45, 7) is 5.93. The molecule has 0 radical (unpaired) electrons. The molecule has 2 N–H and O–H groups in total. The van der Waals surface area contributed by atoms with E-state index in [4.69, 9.17) is 16.1 Å². The van der Waals surface area contributed by atoms with Crippen LogP contribution in [0.1, 0.15) is 23.9 Å². The lowest BCUT2D eigenvalue weighted by Crippen LogP contribution is -2.20. The van der Waals surface area contributed by atoms with Crippen molar-refractivity contribution in [2.24, 2.45) is 0 Å². The maximum atomic E-state index is 6.03. The Morgan fingerprint density at radius 2 is 2.10 bits per heavy atom. The van der Waals surface area contributed by atoms with Gasteiger partial charge in [-0.05, 0) is 27.2 Å². The lowest BCUT2D eigenvalue weighted by molar-refractivity contribution is 0.392. The van der Waals surface area contributed by atoms with Crippen LogP contribution >= 0.6 is 11.6 Å². The summed E-state index contributed by atoms with van der Waals surface area (Å²) in [6.07, 6.45) is 2.24. The molecule has 108 valence electrons. The highest BCUT2D eigenvalue weighted by Gasteiger charge is 2.15. The van der Waals surface area contributed by atoms with Crippen LogP contribution < -0.4 is 10.6 Å². The van der Waals surface area contributed by atoms with Gasteiger partial charge in [-0.2, -0.15) is 0 Å². The van der Waals surface area contributed by atoms with E-state index in [0.717, 1.165) is 23.4 Å². The second-order valence-electron chi connectivity index (χ2n) is 4.69. The van der Waals surface area contributed by atoms with E-state index >= 15 is 0 Å². The Morgan fingerprint density at radius 1 is 1.35 bits per heavy atom. The molecule has 0 aliphatic carbocycles. The molecule has 2 aromatic heterocycles. The number of halogens is 1. The van der Waals surface area contributed by atoms with Crippen LogP contribution in [0.4, 0.5) is 11.5 Å². The average Bonchev–Trinajstić information content (AvgIpc) is 2.71. The fraction of sp³-hybridized carbons (Fsp3) is 0.462. The van der Waals surface area contributed by atoms with Crippen LogP contribution in [-0.2, 0) is 6.42 Å². The monoisotopic (exact) mass is 295 g/mol. The maximum absolute atomic E-state index is 6.03. The van der Waals surface area contributed by atoms with Gasteiger partial charge in [-0.3, -0.25) is 0 Å². The van der Waals surface area contributed by atoms with Crippen LogP contribution in [0.15, 0.2) is 10.9 Å². The maximum Gasteiger partial charge on any atom is 0.157 e. The van der Waals surface area contributed by atoms with Crippen molar-refractivity contribution < 1.29 is 4.52 Å². The number of rotatable bonds is 5. The highest BCUT2D eigenvalue weighted by Crippen LogP contribution is 2.26. The molecule has 2 heterocycles. The van der Waals surface area contributed by atoms with E-state index in [9.17, 15) is 0 Å². The highest BCUT2D eigenvalue weighted by molar-refractivity contribution is 6.32. The third-order valence-corrected chi connectivity index (χ3v) is 3.41. The van der Waals surface area contributed by atoms with Crippen LogP contribution in [-0.4, -0.2) is 28.2 Å². The highest BCUT2D eigenvalue weighted by atomic mass is 35.5. The van der Waals surface area contributed by atoms with Gasteiger partial charge in [0.05, 0.1) is 5.69 Å². The van der Waals surface area contributed by atoms with Gasteiger partial charge in [0.15, 0.2) is 11.0 Å². The minimum Gasteiger partial charge on any atom is -0.383 e. The Balaban J connectivity index is 2.13. The normalized spacial score (nSPS) is 12.2. The van der Waals surface area contributed by atoms with Crippen LogP contribution in [0.3, 0.4) is 0 Å². The Labute approximate surface area is 122 Å². The topological polar surface area (TPSA) is 75.9 Å². The van der Waals surface area contributed by atoms with Crippen molar-refractivity contribution >= 4 is 23.1 Å².